The summed E-state index contributed by atoms with van der Waals surface area (Å²) in [5.74, 6) is -0.282. The number of benzene rings is 2. The minimum atomic E-state index is -0.429. The number of anilines is 1. The highest BCUT2D eigenvalue weighted by molar-refractivity contribution is 5.97. The van der Waals surface area contributed by atoms with Crippen LogP contribution in [-0.2, 0) is 0 Å². The number of nitrogens with zero attached hydrogens (tertiary/aromatic N) is 3. The van der Waals surface area contributed by atoms with E-state index in [1.807, 2.05) is 6.07 Å². The van der Waals surface area contributed by atoms with Crippen molar-refractivity contribution < 1.29 is 9.72 Å². The van der Waals surface area contributed by atoms with Crippen LogP contribution in [0.1, 0.15) is 10.4 Å². The van der Waals surface area contributed by atoms with Crippen LogP contribution in [0.3, 0.4) is 0 Å². The van der Waals surface area contributed by atoms with E-state index in [0.29, 0.717) is 37.1 Å². The maximum absolute atomic E-state index is 12.8. The number of carbonyl (C=O) groups excluding carboxylic acids is 1. The summed E-state index contributed by atoms with van der Waals surface area (Å²) >= 11 is 0. The maximum atomic E-state index is 12.8. The second-order valence-corrected chi connectivity index (χ2v) is 6.63. The standard InChI is InChI=1S/C20H18N4O4/c25-19-16-3-1-2-4-18(16)21-13-17(19)20(26)23-11-9-22(10-12-23)14-5-7-15(8-6-14)24(27)28/h1-8,13H,9-12H2,(H,21,25). The molecule has 0 spiro atoms. The Morgan fingerprint density at radius 3 is 2.36 bits per heavy atom. The summed E-state index contributed by atoms with van der Waals surface area (Å²) in [7, 11) is 0. The lowest BCUT2D eigenvalue weighted by Crippen LogP contribution is -2.49. The number of nitrogens with one attached hydrogen (secondary N) is 1. The molecule has 3 aromatic rings. The van der Waals surface area contributed by atoms with Crippen molar-refractivity contribution in [1.82, 2.24) is 9.88 Å². The van der Waals surface area contributed by atoms with Gasteiger partial charge in [0.2, 0.25) is 5.43 Å². The van der Waals surface area contributed by atoms with Gasteiger partial charge in [-0.2, -0.15) is 0 Å². The van der Waals surface area contributed by atoms with Gasteiger partial charge in [0.25, 0.3) is 11.6 Å². The van der Waals surface area contributed by atoms with E-state index in [4.69, 9.17) is 0 Å². The molecule has 8 heteroatoms. The minimum Gasteiger partial charge on any atom is -0.368 e. The summed E-state index contributed by atoms with van der Waals surface area (Å²) in [5.41, 5.74) is 1.50. The maximum Gasteiger partial charge on any atom is 0.269 e. The van der Waals surface area contributed by atoms with Crippen LogP contribution in [0, 0.1) is 10.1 Å². The van der Waals surface area contributed by atoms with E-state index >= 15 is 0 Å². The Bertz CT molecular complexity index is 1100. The lowest BCUT2D eigenvalue weighted by Gasteiger charge is -2.36. The molecule has 1 aliphatic rings. The van der Waals surface area contributed by atoms with Gasteiger partial charge in [-0.05, 0) is 24.3 Å². The van der Waals surface area contributed by atoms with Crippen molar-refractivity contribution in [1.29, 1.82) is 0 Å². The van der Waals surface area contributed by atoms with Crippen LogP contribution in [0.4, 0.5) is 11.4 Å². The Labute approximate surface area is 160 Å². The molecule has 0 radical (unpaired) electrons. The summed E-state index contributed by atoms with van der Waals surface area (Å²) in [5, 5.41) is 11.3. The number of aromatic amines is 1. The zero-order chi connectivity index (χ0) is 19.7. The third-order valence-electron chi connectivity index (χ3n) is 5.01. The summed E-state index contributed by atoms with van der Waals surface area (Å²) < 4.78 is 0. The highest BCUT2D eigenvalue weighted by atomic mass is 16.6. The highest BCUT2D eigenvalue weighted by Crippen LogP contribution is 2.21. The fourth-order valence-electron chi connectivity index (χ4n) is 3.45. The number of non-ortho nitro benzene ring substituents is 1. The molecule has 1 amide bonds. The fraction of sp³-hybridized carbons (Fsp3) is 0.200. The normalized spacial score (nSPS) is 14.3. The van der Waals surface area contributed by atoms with Crippen molar-refractivity contribution in [2.45, 2.75) is 0 Å². The van der Waals surface area contributed by atoms with Crippen LogP contribution < -0.4 is 10.3 Å². The monoisotopic (exact) mass is 378 g/mol. The number of carbonyl (C=O) groups is 1. The number of amides is 1. The number of pyridine rings is 1. The Kier molecular flexibility index (Phi) is 4.52. The van der Waals surface area contributed by atoms with Gasteiger partial charge < -0.3 is 14.8 Å². The van der Waals surface area contributed by atoms with E-state index in [2.05, 4.69) is 9.88 Å². The van der Waals surface area contributed by atoms with Crippen molar-refractivity contribution in [2.75, 3.05) is 31.1 Å². The topological polar surface area (TPSA) is 99.6 Å². The number of hydrogen-bond donors (Lipinski definition) is 1. The van der Waals surface area contributed by atoms with Crippen molar-refractivity contribution in [3.05, 3.63) is 80.6 Å². The quantitative estimate of drug-likeness (QED) is 0.557. The first-order chi connectivity index (χ1) is 13.5. The lowest BCUT2D eigenvalue weighted by atomic mass is 10.1. The summed E-state index contributed by atoms with van der Waals surface area (Å²) in [6, 6.07) is 13.5. The number of hydrogen-bond acceptors (Lipinski definition) is 5. The summed E-state index contributed by atoms with van der Waals surface area (Å²) in [6.45, 7) is 2.13. The van der Waals surface area contributed by atoms with Gasteiger partial charge in [0.05, 0.1) is 4.92 Å². The minimum absolute atomic E-state index is 0.0492. The molecule has 0 saturated carbocycles. The Hall–Kier alpha value is -3.68. The van der Waals surface area contributed by atoms with Crippen LogP contribution in [0.25, 0.3) is 10.9 Å². The van der Waals surface area contributed by atoms with Crippen molar-refractivity contribution in [3.63, 3.8) is 0 Å². The van der Waals surface area contributed by atoms with E-state index in [9.17, 15) is 19.7 Å². The van der Waals surface area contributed by atoms with Gasteiger partial charge in [-0.3, -0.25) is 19.7 Å². The lowest BCUT2D eigenvalue weighted by molar-refractivity contribution is -0.384. The molecule has 0 atom stereocenters. The Morgan fingerprint density at radius 1 is 1.00 bits per heavy atom. The van der Waals surface area contributed by atoms with Crippen LogP contribution in [0.5, 0.6) is 0 Å². The van der Waals surface area contributed by atoms with Gasteiger partial charge in [0, 0.05) is 61.1 Å². The predicted molar refractivity (Wildman–Crippen MR) is 106 cm³/mol. The molecule has 1 N–H and O–H groups in total. The van der Waals surface area contributed by atoms with E-state index < -0.39 is 4.92 Å². The molecule has 0 unspecified atom stereocenters. The molecule has 28 heavy (non-hydrogen) atoms. The zero-order valence-corrected chi connectivity index (χ0v) is 15.0. The number of H-pyrrole nitrogens is 1. The largest absolute Gasteiger partial charge is 0.368 e. The SMILES string of the molecule is O=C(c1c[nH]c2ccccc2c1=O)N1CCN(c2ccc([N+](=O)[O-])cc2)CC1. The van der Waals surface area contributed by atoms with Gasteiger partial charge in [-0.1, -0.05) is 12.1 Å². The first kappa shape index (κ1) is 17.7. The first-order valence-electron chi connectivity index (χ1n) is 8.94. The molecule has 1 aliphatic heterocycles. The Morgan fingerprint density at radius 2 is 1.68 bits per heavy atom. The molecule has 2 heterocycles. The van der Waals surface area contributed by atoms with Gasteiger partial charge in [0.1, 0.15) is 5.56 Å². The zero-order valence-electron chi connectivity index (χ0n) is 15.0. The van der Waals surface area contributed by atoms with Gasteiger partial charge in [-0.15, -0.1) is 0 Å². The number of nitro groups is 1. The van der Waals surface area contributed by atoms with Crippen LogP contribution in [0.15, 0.2) is 59.5 Å². The van der Waals surface area contributed by atoms with E-state index in [1.54, 1.807) is 35.2 Å². The molecule has 4 rings (SSSR count). The number of rotatable bonds is 3. The van der Waals surface area contributed by atoms with E-state index in [-0.39, 0.29) is 22.6 Å². The molecule has 1 aromatic heterocycles. The van der Waals surface area contributed by atoms with Crippen molar-refractivity contribution in [3.8, 4) is 0 Å². The second-order valence-electron chi connectivity index (χ2n) is 6.63. The molecule has 1 fully saturated rings. The highest BCUT2D eigenvalue weighted by Gasteiger charge is 2.24. The summed E-state index contributed by atoms with van der Waals surface area (Å²) in [4.78, 5) is 42.6. The molecule has 2 aromatic carbocycles. The second kappa shape index (κ2) is 7.15. The first-order valence-corrected chi connectivity index (χ1v) is 8.94. The number of aromatic nitrogens is 1. The van der Waals surface area contributed by atoms with Crippen molar-refractivity contribution in [2.24, 2.45) is 0 Å². The van der Waals surface area contributed by atoms with Crippen molar-refractivity contribution >= 4 is 28.2 Å². The molecule has 142 valence electrons. The van der Waals surface area contributed by atoms with Gasteiger partial charge >= 0.3 is 0 Å². The smallest absolute Gasteiger partial charge is 0.269 e. The molecule has 0 bridgehead atoms. The molecular formula is C20H18N4O4. The van der Waals surface area contributed by atoms with Gasteiger partial charge in [0.15, 0.2) is 0 Å². The molecule has 8 nitrogen and oxygen atoms in total. The van der Waals surface area contributed by atoms with Gasteiger partial charge in [-0.25, -0.2) is 0 Å². The molecular weight excluding hydrogens is 360 g/mol. The van der Waals surface area contributed by atoms with Crippen LogP contribution in [-0.4, -0.2) is 46.9 Å². The summed E-state index contributed by atoms with van der Waals surface area (Å²) in [6.07, 6.45) is 1.48. The van der Waals surface area contributed by atoms with E-state index in [0.717, 1.165) is 5.69 Å². The predicted octanol–water partition coefficient (Wildman–Crippen LogP) is 2.40. The fourth-order valence-corrected chi connectivity index (χ4v) is 3.45. The molecule has 0 aliphatic carbocycles. The molecule has 1 saturated heterocycles. The number of para-hydroxylation sites is 1. The average molecular weight is 378 g/mol. The van der Waals surface area contributed by atoms with E-state index in [1.165, 1.54) is 18.3 Å². The van der Waals surface area contributed by atoms with Crippen LogP contribution in [0.2, 0.25) is 0 Å². The number of fused-ring (bicyclic) bond motifs is 1. The Balaban J connectivity index is 1.48. The third-order valence-corrected chi connectivity index (χ3v) is 5.01. The van der Waals surface area contributed by atoms with Crippen LogP contribution >= 0.6 is 0 Å². The third kappa shape index (κ3) is 3.20. The number of nitro benzene ring substituents is 1. The average Bonchev–Trinajstić information content (AvgIpc) is 2.74. The number of piperazine rings is 1.